The zero-order chi connectivity index (χ0) is 27.9. The summed E-state index contributed by atoms with van der Waals surface area (Å²) in [6.45, 7) is 12.2. The van der Waals surface area contributed by atoms with Crippen LogP contribution in [-0.4, -0.2) is 0 Å². The number of hydrogen-bond acceptors (Lipinski definition) is 0. The Morgan fingerprint density at radius 3 is 0.658 bits per heavy atom. The molecule has 230 valence electrons. The highest BCUT2D eigenvalue weighted by Gasteiger charge is 2.08. The van der Waals surface area contributed by atoms with Gasteiger partial charge in [0.15, 0.2) is 0 Å². The van der Waals surface area contributed by atoms with E-state index in [-0.39, 0.29) is 0 Å². The van der Waals surface area contributed by atoms with Crippen LogP contribution in [0.3, 0.4) is 0 Å². The Hall–Kier alpha value is 0. The van der Waals surface area contributed by atoms with E-state index < -0.39 is 0 Å². The van der Waals surface area contributed by atoms with Gasteiger partial charge in [-0.15, -0.1) is 0 Å². The quantitative estimate of drug-likeness (QED) is 0.0752. The van der Waals surface area contributed by atoms with Gasteiger partial charge in [-0.05, 0) is 17.8 Å². The summed E-state index contributed by atoms with van der Waals surface area (Å²) in [6, 6.07) is 0. The van der Waals surface area contributed by atoms with E-state index in [0.717, 1.165) is 17.8 Å². The lowest BCUT2D eigenvalue weighted by molar-refractivity contribution is 0.373. The smallest absolute Gasteiger partial charge is 0.0443 e. The molecule has 0 aliphatic heterocycles. The molecule has 0 radical (unpaired) electrons. The second kappa shape index (κ2) is 31.5. The first-order valence-electron chi connectivity index (χ1n) is 18.6. The topological polar surface area (TPSA) is 0 Å². The van der Waals surface area contributed by atoms with E-state index in [4.69, 9.17) is 0 Å². The van der Waals surface area contributed by atoms with Gasteiger partial charge in [0.05, 0.1) is 0 Å². The Balaban J connectivity index is 3.38. The molecule has 38 heavy (non-hydrogen) atoms. The molecule has 0 bridgehead atoms. The van der Waals surface area contributed by atoms with E-state index in [1.165, 1.54) is 193 Å². The largest absolute Gasteiger partial charge is 0.0654 e. The maximum Gasteiger partial charge on any atom is -0.0443 e. The minimum absolute atomic E-state index is 0.943. The molecule has 0 spiro atoms. The standard InChI is InChI=1S/C38H78/c1-6-8-10-12-14-16-18-19-21-23-25-27-31-37(4)33-29-35-38(5)34-28-32-36(3)30-26-24-22-20-17-15-13-11-9-7-2/h36-38H,6-35H2,1-5H3. The van der Waals surface area contributed by atoms with Crippen LogP contribution in [0.1, 0.15) is 227 Å². The third kappa shape index (κ3) is 30.5. The summed E-state index contributed by atoms with van der Waals surface area (Å²) in [6.07, 6.45) is 44.0. The van der Waals surface area contributed by atoms with Crippen molar-refractivity contribution in [3.8, 4) is 0 Å². The SMILES string of the molecule is CCCCCCCCCCCCCCC(C)CCCC(C)CCCC(C)CCCCCCCCCCCC. The summed E-state index contributed by atoms with van der Waals surface area (Å²) in [5, 5.41) is 0. The molecular formula is C38H78. The Kier molecular flexibility index (Phi) is 31.5. The maximum absolute atomic E-state index is 2.52. The summed E-state index contributed by atoms with van der Waals surface area (Å²) in [5.41, 5.74) is 0. The van der Waals surface area contributed by atoms with Crippen molar-refractivity contribution in [1.29, 1.82) is 0 Å². The van der Waals surface area contributed by atoms with Crippen molar-refractivity contribution in [3.63, 3.8) is 0 Å². The predicted octanol–water partition coefficient (Wildman–Crippen LogP) is 14.6. The maximum atomic E-state index is 2.52. The van der Waals surface area contributed by atoms with Crippen LogP contribution in [-0.2, 0) is 0 Å². The Bertz CT molecular complexity index is 412. The zero-order valence-electron chi connectivity index (χ0n) is 27.9. The Morgan fingerprint density at radius 1 is 0.237 bits per heavy atom. The normalized spacial score (nSPS) is 14.1. The minimum Gasteiger partial charge on any atom is -0.0654 e. The van der Waals surface area contributed by atoms with Gasteiger partial charge in [-0.2, -0.15) is 0 Å². The van der Waals surface area contributed by atoms with Crippen molar-refractivity contribution in [2.75, 3.05) is 0 Å². The van der Waals surface area contributed by atoms with Gasteiger partial charge >= 0.3 is 0 Å². The first-order valence-corrected chi connectivity index (χ1v) is 18.6. The van der Waals surface area contributed by atoms with E-state index in [1.807, 2.05) is 0 Å². The predicted molar refractivity (Wildman–Crippen MR) is 177 cm³/mol. The molecule has 0 aliphatic carbocycles. The number of unbranched alkanes of at least 4 members (excludes halogenated alkanes) is 20. The summed E-state index contributed by atoms with van der Waals surface area (Å²) in [4.78, 5) is 0. The lowest BCUT2D eigenvalue weighted by Gasteiger charge is -2.16. The molecule has 0 heteroatoms. The van der Waals surface area contributed by atoms with E-state index in [9.17, 15) is 0 Å². The molecule has 0 nitrogen and oxygen atoms in total. The van der Waals surface area contributed by atoms with E-state index in [0.29, 0.717) is 0 Å². The van der Waals surface area contributed by atoms with E-state index >= 15 is 0 Å². The molecule has 0 saturated carbocycles. The monoisotopic (exact) mass is 535 g/mol. The van der Waals surface area contributed by atoms with Gasteiger partial charge in [0, 0.05) is 0 Å². The molecule has 0 fully saturated rings. The third-order valence-corrected chi connectivity index (χ3v) is 9.39. The lowest BCUT2D eigenvalue weighted by Crippen LogP contribution is -2.01. The van der Waals surface area contributed by atoms with Crippen molar-refractivity contribution >= 4 is 0 Å². The van der Waals surface area contributed by atoms with Crippen molar-refractivity contribution in [2.24, 2.45) is 17.8 Å². The molecule has 0 aromatic rings. The molecule has 0 heterocycles. The lowest BCUT2D eigenvalue weighted by atomic mass is 9.90. The van der Waals surface area contributed by atoms with Gasteiger partial charge in [-0.3, -0.25) is 0 Å². The van der Waals surface area contributed by atoms with Gasteiger partial charge < -0.3 is 0 Å². The average molecular weight is 535 g/mol. The van der Waals surface area contributed by atoms with Gasteiger partial charge in [-0.1, -0.05) is 227 Å². The fraction of sp³-hybridized carbons (Fsp3) is 1.00. The third-order valence-electron chi connectivity index (χ3n) is 9.39. The number of rotatable bonds is 32. The molecule has 0 aromatic carbocycles. The highest BCUT2D eigenvalue weighted by Crippen LogP contribution is 2.23. The molecule has 0 aliphatic rings. The highest BCUT2D eigenvalue weighted by atomic mass is 14.1. The minimum atomic E-state index is 0.943. The first-order chi connectivity index (χ1) is 18.6. The second-order valence-electron chi connectivity index (χ2n) is 13.8. The molecule has 0 amide bonds. The average Bonchev–Trinajstić information content (AvgIpc) is 2.90. The number of hydrogen-bond donors (Lipinski definition) is 0. The summed E-state index contributed by atoms with van der Waals surface area (Å²) < 4.78 is 0. The van der Waals surface area contributed by atoms with Crippen molar-refractivity contribution in [2.45, 2.75) is 227 Å². The van der Waals surface area contributed by atoms with Crippen LogP contribution in [0.5, 0.6) is 0 Å². The molecular weight excluding hydrogens is 456 g/mol. The fourth-order valence-corrected chi connectivity index (χ4v) is 6.38. The zero-order valence-corrected chi connectivity index (χ0v) is 27.9. The fourth-order valence-electron chi connectivity index (χ4n) is 6.38. The highest BCUT2D eigenvalue weighted by molar-refractivity contribution is 4.61. The van der Waals surface area contributed by atoms with Crippen LogP contribution >= 0.6 is 0 Å². The Labute approximate surface area is 244 Å². The molecule has 3 unspecified atom stereocenters. The van der Waals surface area contributed by atoms with E-state index in [1.54, 1.807) is 0 Å². The van der Waals surface area contributed by atoms with Crippen LogP contribution in [0, 0.1) is 17.8 Å². The molecule has 0 saturated heterocycles. The van der Waals surface area contributed by atoms with Crippen LogP contribution in [0.15, 0.2) is 0 Å². The van der Waals surface area contributed by atoms with Crippen molar-refractivity contribution < 1.29 is 0 Å². The Morgan fingerprint density at radius 2 is 0.421 bits per heavy atom. The van der Waals surface area contributed by atoms with Gasteiger partial charge in [0.1, 0.15) is 0 Å². The van der Waals surface area contributed by atoms with Crippen molar-refractivity contribution in [1.82, 2.24) is 0 Å². The van der Waals surface area contributed by atoms with E-state index in [2.05, 4.69) is 34.6 Å². The summed E-state index contributed by atoms with van der Waals surface area (Å²) in [5.74, 6) is 2.84. The van der Waals surface area contributed by atoms with Gasteiger partial charge in [0.2, 0.25) is 0 Å². The summed E-state index contributed by atoms with van der Waals surface area (Å²) in [7, 11) is 0. The van der Waals surface area contributed by atoms with Crippen LogP contribution in [0.4, 0.5) is 0 Å². The van der Waals surface area contributed by atoms with Crippen molar-refractivity contribution in [3.05, 3.63) is 0 Å². The molecule has 0 N–H and O–H groups in total. The summed E-state index contributed by atoms with van der Waals surface area (Å²) >= 11 is 0. The first kappa shape index (κ1) is 38.0. The van der Waals surface area contributed by atoms with Gasteiger partial charge in [-0.25, -0.2) is 0 Å². The molecule has 0 rings (SSSR count). The molecule has 0 aromatic heterocycles. The van der Waals surface area contributed by atoms with Crippen LogP contribution in [0.2, 0.25) is 0 Å². The van der Waals surface area contributed by atoms with Gasteiger partial charge in [0.25, 0.3) is 0 Å². The molecule has 3 atom stereocenters. The second-order valence-corrected chi connectivity index (χ2v) is 13.8. The van der Waals surface area contributed by atoms with Crippen LogP contribution < -0.4 is 0 Å². The van der Waals surface area contributed by atoms with Crippen LogP contribution in [0.25, 0.3) is 0 Å².